The Hall–Kier alpha value is -1.59. The second kappa shape index (κ2) is 6.72. The Kier molecular flexibility index (Phi) is 4.98. The van der Waals surface area contributed by atoms with E-state index in [9.17, 15) is 4.79 Å². The molecule has 20 heavy (non-hydrogen) atoms. The van der Waals surface area contributed by atoms with Gasteiger partial charge in [0, 0.05) is 10.9 Å². The summed E-state index contributed by atoms with van der Waals surface area (Å²) < 4.78 is 10.0. The molecule has 1 aromatic heterocycles. The zero-order valence-electron chi connectivity index (χ0n) is 11.2. The zero-order valence-corrected chi connectivity index (χ0v) is 12.8. The summed E-state index contributed by atoms with van der Waals surface area (Å²) in [4.78, 5) is 15.8. The normalized spacial score (nSPS) is 10.3. The van der Waals surface area contributed by atoms with Crippen molar-refractivity contribution < 1.29 is 14.3 Å². The lowest BCUT2D eigenvalue weighted by Gasteiger charge is -2.03. The lowest BCUT2D eigenvalue weighted by atomic mass is 10.2. The molecule has 1 aromatic carbocycles. The van der Waals surface area contributed by atoms with E-state index in [1.165, 1.54) is 11.3 Å². The molecule has 0 N–H and O–H groups in total. The van der Waals surface area contributed by atoms with Crippen molar-refractivity contribution in [2.24, 2.45) is 0 Å². The molecular weight excluding hydrogens is 298 g/mol. The highest BCUT2D eigenvalue weighted by atomic mass is 35.5. The molecule has 0 amide bonds. The number of aromatic nitrogens is 1. The van der Waals surface area contributed by atoms with Gasteiger partial charge in [0.1, 0.15) is 10.8 Å². The Morgan fingerprint density at radius 2 is 2.25 bits per heavy atom. The molecule has 106 valence electrons. The summed E-state index contributed by atoms with van der Waals surface area (Å²) in [5.41, 5.74) is 1.60. The van der Waals surface area contributed by atoms with Crippen LogP contribution < -0.4 is 4.74 Å². The van der Waals surface area contributed by atoms with Gasteiger partial charge in [-0.05, 0) is 25.1 Å². The maximum Gasteiger partial charge on any atom is 0.311 e. The van der Waals surface area contributed by atoms with Crippen molar-refractivity contribution in [3.8, 4) is 16.3 Å². The number of carbonyl (C=O) groups excluding carboxylic acids is 1. The van der Waals surface area contributed by atoms with Crippen molar-refractivity contribution in [3.05, 3.63) is 34.3 Å². The van der Waals surface area contributed by atoms with Gasteiger partial charge in [-0.1, -0.05) is 11.6 Å². The predicted octanol–water partition coefficient (Wildman–Crippen LogP) is 3.58. The third kappa shape index (κ3) is 3.49. The molecule has 6 heteroatoms. The number of ether oxygens (including phenoxy) is 2. The molecule has 0 aliphatic carbocycles. The van der Waals surface area contributed by atoms with E-state index in [1.54, 1.807) is 26.2 Å². The predicted molar refractivity (Wildman–Crippen MR) is 79.4 cm³/mol. The van der Waals surface area contributed by atoms with E-state index in [1.807, 2.05) is 11.4 Å². The summed E-state index contributed by atoms with van der Waals surface area (Å²) >= 11 is 7.56. The second-order valence-corrected chi connectivity index (χ2v) is 5.24. The molecule has 0 bridgehead atoms. The molecule has 0 unspecified atom stereocenters. The molecule has 1 heterocycles. The average Bonchev–Trinajstić information content (AvgIpc) is 2.87. The van der Waals surface area contributed by atoms with Crippen molar-refractivity contribution in [1.29, 1.82) is 0 Å². The SMILES string of the molecule is CCOC(=O)Cc1csc(-c2ccc(OC)c(Cl)c2)n1. The van der Waals surface area contributed by atoms with E-state index >= 15 is 0 Å². The third-order valence-corrected chi connectivity index (χ3v) is 3.82. The number of esters is 1. The first-order valence-electron chi connectivity index (χ1n) is 6.08. The molecule has 4 nitrogen and oxygen atoms in total. The van der Waals surface area contributed by atoms with E-state index < -0.39 is 0 Å². The zero-order chi connectivity index (χ0) is 14.5. The lowest BCUT2D eigenvalue weighted by Crippen LogP contribution is -2.07. The van der Waals surface area contributed by atoms with Gasteiger partial charge in [0.05, 0.1) is 30.9 Å². The van der Waals surface area contributed by atoms with E-state index in [0.29, 0.717) is 23.1 Å². The third-order valence-electron chi connectivity index (χ3n) is 2.58. The lowest BCUT2D eigenvalue weighted by molar-refractivity contribution is -0.142. The number of methoxy groups -OCH3 is 1. The maximum atomic E-state index is 11.4. The number of hydrogen-bond donors (Lipinski definition) is 0. The van der Waals surface area contributed by atoms with Crippen LogP contribution in [0.2, 0.25) is 5.02 Å². The molecule has 0 aliphatic rings. The average molecular weight is 312 g/mol. The summed E-state index contributed by atoms with van der Waals surface area (Å²) in [5, 5.41) is 3.20. The largest absolute Gasteiger partial charge is 0.495 e. The van der Waals surface area contributed by atoms with E-state index in [0.717, 1.165) is 10.6 Å². The number of carbonyl (C=O) groups is 1. The van der Waals surface area contributed by atoms with Gasteiger partial charge in [-0.25, -0.2) is 4.98 Å². The van der Waals surface area contributed by atoms with Gasteiger partial charge < -0.3 is 9.47 Å². The second-order valence-electron chi connectivity index (χ2n) is 3.98. The Balaban J connectivity index is 2.16. The summed E-state index contributed by atoms with van der Waals surface area (Å²) in [6, 6.07) is 5.48. The van der Waals surface area contributed by atoms with Crippen LogP contribution >= 0.6 is 22.9 Å². The molecule has 2 aromatic rings. The Labute approximate surface area is 126 Å². The summed E-state index contributed by atoms with van der Waals surface area (Å²) in [6.07, 6.45) is 0.189. The first-order valence-corrected chi connectivity index (χ1v) is 7.33. The van der Waals surface area contributed by atoms with Crippen molar-refractivity contribution in [2.45, 2.75) is 13.3 Å². The number of rotatable bonds is 5. The summed E-state index contributed by atoms with van der Waals surface area (Å²) in [6.45, 7) is 2.16. The topological polar surface area (TPSA) is 48.4 Å². The molecule has 0 saturated heterocycles. The highest BCUT2D eigenvalue weighted by Gasteiger charge is 2.11. The molecule has 0 aliphatic heterocycles. The van der Waals surface area contributed by atoms with E-state index in [2.05, 4.69) is 4.98 Å². The van der Waals surface area contributed by atoms with Crippen LogP contribution in [0.4, 0.5) is 0 Å². The number of halogens is 1. The van der Waals surface area contributed by atoms with Gasteiger partial charge in [0.25, 0.3) is 0 Å². The van der Waals surface area contributed by atoms with Gasteiger partial charge >= 0.3 is 5.97 Å². The molecule has 0 saturated carbocycles. The van der Waals surface area contributed by atoms with Gasteiger partial charge in [0.2, 0.25) is 0 Å². The molecule has 0 radical (unpaired) electrons. The Morgan fingerprint density at radius 1 is 1.45 bits per heavy atom. The number of benzene rings is 1. The maximum absolute atomic E-state index is 11.4. The minimum atomic E-state index is -0.267. The summed E-state index contributed by atoms with van der Waals surface area (Å²) in [5.74, 6) is 0.357. The van der Waals surface area contributed by atoms with Crippen molar-refractivity contribution in [3.63, 3.8) is 0 Å². The van der Waals surface area contributed by atoms with Gasteiger partial charge in [0.15, 0.2) is 0 Å². The molecule has 0 spiro atoms. The Bertz CT molecular complexity index is 612. The fraction of sp³-hybridized carbons (Fsp3) is 0.286. The van der Waals surface area contributed by atoms with Gasteiger partial charge in [-0.3, -0.25) is 4.79 Å². The van der Waals surface area contributed by atoms with Crippen LogP contribution in [0.25, 0.3) is 10.6 Å². The van der Waals surface area contributed by atoms with Crippen LogP contribution in [-0.2, 0) is 16.0 Å². The fourth-order valence-corrected chi connectivity index (χ4v) is 2.75. The number of thiazole rings is 1. The van der Waals surface area contributed by atoms with Crippen molar-refractivity contribution in [2.75, 3.05) is 13.7 Å². The first kappa shape index (κ1) is 14.8. The van der Waals surface area contributed by atoms with Crippen LogP contribution in [0.15, 0.2) is 23.6 Å². The van der Waals surface area contributed by atoms with Gasteiger partial charge in [-0.2, -0.15) is 0 Å². The van der Waals surface area contributed by atoms with Crippen LogP contribution in [0.3, 0.4) is 0 Å². The minimum absolute atomic E-state index is 0.189. The standard InChI is InChI=1S/C14H14ClNO3S/c1-3-19-13(17)7-10-8-20-14(16-10)9-4-5-12(18-2)11(15)6-9/h4-6,8H,3,7H2,1-2H3. The van der Waals surface area contributed by atoms with Crippen molar-refractivity contribution >= 4 is 28.9 Å². The van der Waals surface area contributed by atoms with Crippen LogP contribution in [-0.4, -0.2) is 24.7 Å². The van der Waals surface area contributed by atoms with Crippen LogP contribution in [0.1, 0.15) is 12.6 Å². The molecule has 2 rings (SSSR count). The summed E-state index contributed by atoms with van der Waals surface area (Å²) in [7, 11) is 1.57. The smallest absolute Gasteiger partial charge is 0.311 e. The fourth-order valence-electron chi connectivity index (χ4n) is 1.68. The van der Waals surface area contributed by atoms with Crippen molar-refractivity contribution in [1.82, 2.24) is 4.98 Å². The van der Waals surface area contributed by atoms with E-state index in [4.69, 9.17) is 21.1 Å². The highest BCUT2D eigenvalue weighted by Crippen LogP contribution is 2.31. The molecule has 0 atom stereocenters. The first-order chi connectivity index (χ1) is 9.63. The monoisotopic (exact) mass is 311 g/mol. The van der Waals surface area contributed by atoms with E-state index in [-0.39, 0.29) is 12.4 Å². The highest BCUT2D eigenvalue weighted by molar-refractivity contribution is 7.13. The van der Waals surface area contributed by atoms with Gasteiger partial charge in [-0.15, -0.1) is 11.3 Å². The molecule has 0 fully saturated rings. The van der Waals surface area contributed by atoms with Crippen LogP contribution in [0, 0.1) is 0 Å². The molecular formula is C14H14ClNO3S. The van der Waals surface area contributed by atoms with Crippen LogP contribution in [0.5, 0.6) is 5.75 Å². The number of nitrogens with zero attached hydrogens (tertiary/aromatic N) is 1. The Morgan fingerprint density at radius 3 is 2.90 bits per heavy atom. The quantitative estimate of drug-likeness (QED) is 0.792. The minimum Gasteiger partial charge on any atom is -0.495 e. The number of hydrogen-bond acceptors (Lipinski definition) is 5.